The Hall–Kier alpha value is -0.0400. The van der Waals surface area contributed by atoms with E-state index in [1.807, 2.05) is 0 Å². The highest BCUT2D eigenvalue weighted by molar-refractivity contribution is 4.82. The molecule has 1 nitrogen and oxygen atoms in total. The molecule has 0 unspecified atom stereocenters. The van der Waals surface area contributed by atoms with Crippen LogP contribution in [0.25, 0.3) is 0 Å². The fourth-order valence-corrected chi connectivity index (χ4v) is 1.82. The average Bonchev–Trinajstić information content (AvgIpc) is 1.90. The van der Waals surface area contributed by atoms with E-state index in [0.29, 0.717) is 11.5 Å². The Kier molecular flexibility index (Phi) is 4.00. The first kappa shape index (κ1) is 12.0. The quantitative estimate of drug-likeness (QED) is 0.666. The lowest BCUT2D eigenvalue weighted by atomic mass is 9.75. The Balaban J connectivity index is 2.01. The maximum atomic E-state index is 5.83. The smallest absolute Gasteiger partial charge is 0.0580 e. The molecular weight excluding hydrogens is 172 g/mol. The first-order valence-electron chi connectivity index (χ1n) is 6.00. The van der Waals surface area contributed by atoms with Crippen molar-refractivity contribution in [1.29, 1.82) is 0 Å². The van der Waals surface area contributed by atoms with Crippen molar-refractivity contribution in [2.45, 2.75) is 60.0 Å². The summed E-state index contributed by atoms with van der Waals surface area (Å²) in [6.45, 7) is 12.4. The third kappa shape index (κ3) is 4.00. The first-order chi connectivity index (χ1) is 6.38. The van der Waals surface area contributed by atoms with E-state index >= 15 is 0 Å². The number of ether oxygens (including phenoxy) is 1. The number of hydrogen-bond donors (Lipinski definition) is 0. The molecule has 1 saturated carbocycles. The van der Waals surface area contributed by atoms with Gasteiger partial charge in [0, 0.05) is 6.61 Å². The van der Waals surface area contributed by atoms with Crippen molar-refractivity contribution in [1.82, 2.24) is 0 Å². The molecule has 0 aromatic rings. The molecule has 1 rings (SSSR count). The van der Waals surface area contributed by atoms with E-state index < -0.39 is 0 Å². The molecule has 0 heterocycles. The van der Waals surface area contributed by atoms with Gasteiger partial charge in [0.15, 0.2) is 0 Å². The number of rotatable bonds is 4. The van der Waals surface area contributed by atoms with Crippen LogP contribution < -0.4 is 0 Å². The van der Waals surface area contributed by atoms with Gasteiger partial charge in [-0.3, -0.25) is 0 Å². The molecule has 84 valence electrons. The predicted molar refractivity (Wildman–Crippen MR) is 61.4 cm³/mol. The van der Waals surface area contributed by atoms with Crippen LogP contribution in [0, 0.1) is 17.3 Å². The fraction of sp³-hybridized carbons (Fsp3) is 1.00. The van der Waals surface area contributed by atoms with Gasteiger partial charge in [0.05, 0.1) is 6.10 Å². The van der Waals surface area contributed by atoms with Crippen LogP contribution in [0.4, 0.5) is 0 Å². The molecule has 0 aromatic heterocycles. The van der Waals surface area contributed by atoms with Crippen molar-refractivity contribution in [3.8, 4) is 0 Å². The van der Waals surface area contributed by atoms with Crippen LogP contribution in [-0.4, -0.2) is 12.7 Å². The van der Waals surface area contributed by atoms with Crippen molar-refractivity contribution in [3.05, 3.63) is 0 Å². The summed E-state index contributed by atoms with van der Waals surface area (Å²) >= 11 is 0. The van der Waals surface area contributed by atoms with E-state index in [9.17, 15) is 0 Å². The SMILES string of the molecule is CC(C)C1CC(OCCC(C)(C)C)C1. The molecule has 0 radical (unpaired) electrons. The normalized spacial score (nSPS) is 27.9. The summed E-state index contributed by atoms with van der Waals surface area (Å²) in [6.07, 6.45) is 4.34. The minimum absolute atomic E-state index is 0.418. The molecule has 0 amide bonds. The lowest BCUT2D eigenvalue weighted by Gasteiger charge is -2.38. The second kappa shape index (κ2) is 4.65. The highest BCUT2D eigenvalue weighted by Crippen LogP contribution is 2.35. The highest BCUT2D eigenvalue weighted by Gasteiger charge is 2.31. The minimum atomic E-state index is 0.418. The second-order valence-corrected chi connectivity index (χ2v) is 6.28. The van der Waals surface area contributed by atoms with E-state index in [2.05, 4.69) is 34.6 Å². The molecule has 0 aromatic carbocycles. The molecular formula is C13H26O. The van der Waals surface area contributed by atoms with Crippen LogP contribution in [0.3, 0.4) is 0 Å². The van der Waals surface area contributed by atoms with Crippen LogP contribution in [0.5, 0.6) is 0 Å². The second-order valence-electron chi connectivity index (χ2n) is 6.28. The van der Waals surface area contributed by atoms with E-state index in [-0.39, 0.29) is 0 Å². The van der Waals surface area contributed by atoms with Crippen molar-refractivity contribution in [2.75, 3.05) is 6.61 Å². The van der Waals surface area contributed by atoms with E-state index in [0.717, 1.165) is 18.4 Å². The average molecular weight is 198 g/mol. The summed E-state index contributed by atoms with van der Waals surface area (Å²) < 4.78 is 5.83. The topological polar surface area (TPSA) is 9.23 Å². The maximum absolute atomic E-state index is 5.83. The zero-order valence-corrected chi connectivity index (χ0v) is 10.5. The summed E-state index contributed by atoms with van der Waals surface area (Å²) in [5.41, 5.74) is 0.418. The lowest BCUT2D eigenvalue weighted by Crippen LogP contribution is -2.34. The van der Waals surface area contributed by atoms with E-state index in [1.54, 1.807) is 0 Å². The maximum Gasteiger partial charge on any atom is 0.0580 e. The van der Waals surface area contributed by atoms with Crippen LogP contribution in [0.15, 0.2) is 0 Å². The Bertz CT molecular complexity index is 161. The van der Waals surface area contributed by atoms with Gasteiger partial charge in [-0.25, -0.2) is 0 Å². The van der Waals surface area contributed by atoms with Gasteiger partial charge in [0.2, 0.25) is 0 Å². The van der Waals surface area contributed by atoms with Gasteiger partial charge in [-0.1, -0.05) is 34.6 Å². The summed E-state index contributed by atoms with van der Waals surface area (Å²) in [7, 11) is 0. The van der Waals surface area contributed by atoms with Crippen LogP contribution >= 0.6 is 0 Å². The molecule has 0 aliphatic heterocycles. The molecule has 0 N–H and O–H groups in total. The lowest BCUT2D eigenvalue weighted by molar-refractivity contribution is -0.0498. The third-order valence-electron chi connectivity index (χ3n) is 3.28. The Morgan fingerprint density at radius 1 is 1.21 bits per heavy atom. The minimum Gasteiger partial charge on any atom is -0.378 e. The van der Waals surface area contributed by atoms with Crippen molar-refractivity contribution < 1.29 is 4.74 Å². The Morgan fingerprint density at radius 3 is 2.21 bits per heavy atom. The molecule has 0 saturated heterocycles. The van der Waals surface area contributed by atoms with Crippen molar-refractivity contribution in [2.24, 2.45) is 17.3 Å². The summed E-state index contributed by atoms with van der Waals surface area (Å²) in [6, 6.07) is 0. The van der Waals surface area contributed by atoms with Crippen LogP contribution in [0.1, 0.15) is 53.9 Å². The van der Waals surface area contributed by atoms with Gasteiger partial charge in [-0.15, -0.1) is 0 Å². The van der Waals surface area contributed by atoms with E-state index in [1.165, 1.54) is 19.3 Å². The zero-order valence-electron chi connectivity index (χ0n) is 10.5. The largest absolute Gasteiger partial charge is 0.378 e. The molecule has 1 fully saturated rings. The molecule has 0 spiro atoms. The highest BCUT2D eigenvalue weighted by atomic mass is 16.5. The fourth-order valence-electron chi connectivity index (χ4n) is 1.82. The van der Waals surface area contributed by atoms with Crippen molar-refractivity contribution in [3.63, 3.8) is 0 Å². The molecule has 1 aliphatic carbocycles. The van der Waals surface area contributed by atoms with Crippen LogP contribution in [0.2, 0.25) is 0 Å². The van der Waals surface area contributed by atoms with Gasteiger partial charge < -0.3 is 4.74 Å². The van der Waals surface area contributed by atoms with Gasteiger partial charge in [0.25, 0.3) is 0 Å². The molecule has 14 heavy (non-hydrogen) atoms. The summed E-state index contributed by atoms with van der Waals surface area (Å²) in [5, 5.41) is 0. The monoisotopic (exact) mass is 198 g/mol. The zero-order chi connectivity index (χ0) is 10.8. The standard InChI is InChI=1S/C13H26O/c1-10(2)11-8-12(9-11)14-7-6-13(3,4)5/h10-12H,6-9H2,1-5H3. The summed E-state index contributed by atoms with van der Waals surface area (Å²) in [4.78, 5) is 0. The Morgan fingerprint density at radius 2 is 1.79 bits per heavy atom. The van der Waals surface area contributed by atoms with Crippen molar-refractivity contribution >= 4 is 0 Å². The molecule has 0 bridgehead atoms. The molecule has 1 aliphatic rings. The summed E-state index contributed by atoms with van der Waals surface area (Å²) in [5.74, 6) is 1.77. The van der Waals surface area contributed by atoms with Crippen LogP contribution in [-0.2, 0) is 4.74 Å². The Labute approximate surface area is 89.2 Å². The van der Waals surface area contributed by atoms with Gasteiger partial charge in [-0.05, 0) is 36.5 Å². The predicted octanol–water partition coefficient (Wildman–Crippen LogP) is 3.87. The van der Waals surface area contributed by atoms with Gasteiger partial charge in [0.1, 0.15) is 0 Å². The number of hydrogen-bond acceptors (Lipinski definition) is 1. The van der Waals surface area contributed by atoms with Gasteiger partial charge in [-0.2, -0.15) is 0 Å². The van der Waals surface area contributed by atoms with E-state index in [4.69, 9.17) is 4.74 Å². The van der Waals surface area contributed by atoms with Gasteiger partial charge >= 0.3 is 0 Å². The third-order valence-corrected chi connectivity index (χ3v) is 3.28. The first-order valence-corrected chi connectivity index (χ1v) is 6.00. The molecule has 0 atom stereocenters. The molecule has 1 heteroatoms.